The van der Waals surface area contributed by atoms with Crippen LogP contribution in [-0.4, -0.2) is 12.2 Å². The molecule has 0 amide bonds. The number of hydrogen-bond donors (Lipinski definition) is 2. The van der Waals surface area contributed by atoms with Crippen LogP contribution in [0.3, 0.4) is 0 Å². The molecule has 5 heteroatoms. The zero-order chi connectivity index (χ0) is 6.85. The van der Waals surface area contributed by atoms with Crippen LogP contribution < -0.4 is 11.1 Å². The summed E-state index contributed by atoms with van der Waals surface area (Å²) in [6, 6.07) is 0. The first-order valence-electron chi connectivity index (χ1n) is 2.34. The summed E-state index contributed by atoms with van der Waals surface area (Å²) in [5.74, 6) is 0.607. The third kappa shape index (κ3) is 0.929. The van der Waals surface area contributed by atoms with Crippen LogP contribution in [0.1, 0.15) is 0 Å². The number of nitrogens with one attached hydrogen (secondary N) is 1. The van der Waals surface area contributed by atoms with Crippen molar-refractivity contribution < 1.29 is 4.52 Å². The summed E-state index contributed by atoms with van der Waals surface area (Å²) < 4.78 is 4.52. The molecule has 0 fully saturated rings. The predicted octanol–water partition coefficient (Wildman–Crippen LogP) is 0.952. The second-order valence-electron chi connectivity index (χ2n) is 1.46. The fourth-order valence-electron chi connectivity index (χ4n) is 0.447. The van der Waals surface area contributed by atoms with E-state index in [1.54, 1.807) is 7.05 Å². The van der Waals surface area contributed by atoms with E-state index in [1.807, 2.05) is 0 Å². The number of rotatable bonds is 1. The molecular formula is C4H6ClN3O. The Kier molecular flexibility index (Phi) is 1.48. The Bertz CT molecular complexity index is 210. The van der Waals surface area contributed by atoms with Crippen molar-refractivity contribution in [3.05, 3.63) is 5.02 Å². The Morgan fingerprint density at radius 1 is 1.78 bits per heavy atom. The van der Waals surface area contributed by atoms with E-state index in [2.05, 4.69) is 15.0 Å². The highest BCUT2D eigenvalue weighted by Gasteiger charge is 2.07. The first-order chi connectivity index (χ1) is 4.25. The molecule has 0 radical (unpaired) electrons. The summed E-state index contributed by atoms with van der Waals surface area (Å²) in [6.07, 6.45) is 0. The molecule has 0 bridgehead atoms. The molecule has 0 aliphatic carbocycles. The van der Waals surface area contributed by atoms with Crippen LogP contribution in [-0.2, 0) is 0 Å². The third-order valence-electron chi connectivity index (χ3n) is 0.896. The molecule has 4 nitrogen and oxygen atoms in total. The molecular weight excluding hydrogens is 142 g/mol. The molecule has 3 N–H and O–H groups in total. The lowest BCUT2D eigenvalue weighted by Crippen LogP contribution is -1.87. The Hall–Kier alpha value is -0.900. The van der Waals surface area contributed by atoms with Crippen LogP contribution in [0.15, 0.2) is 4.52 Å². The minimum Gasteiger partial charge on any atom is -0.369 e. The molecule has 1 aromatic rings. The van der Waals surface area contributed by atoms with Gasteiger partial charge in [0, 0.05) is 7.05 Å². The number of nitrogens with zero attached hydrogens (tertiary/aromatic N) is 1. The Labute approximate surface area is 57.0 Å². The molecule has 9 heavy (non-hydrogen) atoms. The molecule has 0 spiro atoms. The van der Waals surface area contributed by atoms with E-state index in [9.17, 15) is 0 Å². The van der Waals surface area contributed by atoms with Gasteiger partial charge in [-0.25, -0.2) is 0 Å². The van der Waals surface area contributed by atoms with Crippen molar-refractivity contribution in [2.45, 2.75) is 0 Å². The van der Waals surface area contributed by atoms with Crippen molar-refractivity contribution in [3.63, 3.8) is 0 Å². The van der Waals surface area contributed by atoms with Gasteiger partial charge < -0.3 is 15.6 Å². The van der Waals surface area contributed by atoms with Gasteiger partial charge in [-0.05, 0) is 0 Å². The average Bonchev–Trinajstić information content (AvgIpc) is 2.15. The summed E-state index contributed by atoms with van der Waals surface area (Å²) >= 11 is 5.57. The second-order valence-corrected chi connectivity index (χ2v) is 1.84. The van der Waals surface area contributed by atoms with Crippen LogP contribution in [0.25, 0.3) is 0 Å². The molecule has 0 aromatic carbocycles. The summed E-state index contributed by atoms with van der Waals surface area (Å²) in [7, 11) is 1.68. The van der Waals surface area contributed by atoms with Crippen molar-refractivity contribution in [3.8, 4) is 0 Å². The van der Waals surface area contributed by atoms with E-state index in [0.29, 0.717) is 10.8 Å². The minimum absolute atomic E-state index is 0.140. The first kappa shape index (κ1) is 6.22. The van der Waals surface area contributed by atoms with Gasteiger partial charge in [-0.1, -0.05) is 16.8 Å². The number of halogens is 1. The number of aromatic nitrogens is 1. The highest BCUT2D eigenvalue weighted by Crippen LogP contribution is 2.25. The van der Waals surface area contributed by atoms with Crippen LogP contribution in [0.2, 0.25) is 5.02 Å². The smallest absolute Gasteiger partial charge is 0.243 e. The second kappa shape index (κ2) is 2.14. The zero-order valence-corrected chi connectivity index (χ0v) is 5.57. The van der Waals surface area contributed by atoms with Gasteiger partial charge in [0.1, 0.15) is 5.02 Å². The largest absolute Gasteiger partial charge is 0.369 e. The van der Waals surface area contributed by atoms with Crippen molar-refractivity contribution >= 4 is 23.3 Å². The van der Waals surface area contributed by atoms with Gasteiger partial charge in [0.25, 0.3) is 0 Å². The van der Waals surface area contributed by atoms with E-state index >= 15 is 0 Å². The van der Waals surface area contributed by atoms with Gasteiger partial charge in [-0.3, -0.25) is 0 Å². The monoisotopic (exact) mass is 147 g/mol. The van der Waals surface area contributed by atoms with Gasteiger partial charge in [-0.2, -0.15) is 0 Å². The van der Waals surface area contributed by atoms with E-state index in [4.69, 9.17) is 17.3 Å². The number of hydrogen-bond acceptors (Lipinski definition) is 4. The lowest BCUT2D eigenvalue weighted by molar-refractivity contribution is 0.439. The SMILES string of the molecule is CNc1noc(N)c1Cl. The maximum absolute atomic E-state index is 5.57. The number of anilines is 2. The number of nitrogens with two attached hydrogens (primary N) is 1. The molecule has 1 heterocycles. The topological polar surface area (TPSA) is 64.1 Å². The highest BCUT2D eigenvalue weighted by atomic mass is 35.5. The Balaban J connectivity index is 3.04. The Morgan fingerprint density at radius 2 is 2.44 bits per heavy atom. The Morgan fingerprint density at radius 3 is 2.67 bits per heavy atom. The fraction of sp³-hybridized carbons (Fsp3) is 0.250. The van der Waals surface area contributed by atoms with Crippen molar-refractivity contribution in [1.29, 1.82) is 0 Å². The van der Waals surface area contributed by atoms with E-state index in [-0.39, 0.29) is 5.88 Å². The number of nitrogen functional groups attached to an aromatic ring is 1. The summed E-state index contributed by atoms with van der Waals surface area (Å²) in [5, 5.41) is 6.52. The predicted molar refractivity (Wildman–Crippen MR) is 35.5 cm³/mol. The molecule has 50 valence electrons. The van der Waals surface area contributed by atoms with Gasteiger partial charge in [0.15, 0.2) is 5.82 Å². The maximum Gasteiger partial charge on any atom is 0.243 e. The van der Waals surface area contributed by atoms with Crippen molar-refractivity contribution in [2.24, 2.45) is 0 Å². The quantitative estimate of drug-likeness (QED) is 0.621. The van der Waals surface area contributed by atoms with E-state index < -0.39 is 0 Å². The molecule has 0 aliphatic rings. The summed E-state index contributed by atoms with van der Waals surface area (Å²) in [6.45, 7) is 0. The van der Waals surface area contributed by atoms with Gasteiger partial charge in [0.05, 0.1) is 0 Å². The van der Waals surface area contributed by atoms with Gasteiger partial charge in [0.2, 0.25) is 5.88 Å². The molecule has 1 rings (SSSR count). The zero-order valence-electron chi connectivity index (χ0n) is 4.81. The third-order valence-corrected chi connectivity index (χ3v) is 1.26. The van der Waals surface area contributed by atoms with Gasteiger partial charge >= 0.3 is 0 Å². The molecule has 0 atom stereocenters. The van der Waals surface area contributed by atoms with E-state index in [1.165, 1.54) is 0 Å². The molecule has 0 aliphatic heterocycles. The van der Waals surface area contributed by atoms with E-state index in [0.717, 1.165) is 0 Å². The normalized spacial score (nSPS) is 9.56. The average molecular weight is 148 g/mol. The lowest BCUT2D eigenvalue weighted by atomic mass is 10.6. The van der Waals surface area contributed by atoms with Crippen LogP contribution >= 0.6 is 11.6 Å². The standard InChI is InChI=1S/C4H6ClN3O/c1-7-4-2(5)3(6)9-8-4/h6H2,1H3,(H,7,8). The summed E-state index contributed by atoms with van der Waals surface area (Å²) in [4.78, 5) is 0. The first-order valence-corrected chi connectivity index (χ1v) is 2.72. The van der Waals surface area contributed by atoms with Crippen molar-refractivity contribution in [2.75, 3.05) is 18.1 Å². The molecule has 1 aromatic heterocycles. The molecule has 0 unspecified atom stereocenters. The summed E-state index contributed by atoms with van der Waals surface area (Å²) in [5.41, 5.74) is 5.22. The lowest BCUT2D eigenvalue weighted by Gasteiger charge is -1.87. The van der Waals surface area contributed by atoms with Crippen molar-refractivity contribution in [1.82, 2.24) is 5.16 Å². The van der Waals surface area contributed by atoms with Crippen LogP contribution in [0.5, 0.6) is 0 Å². The van der Waals surface area contributed by atoms with Gasteiger partial charge in [-0.15, -0.1) is 0 Å². The minimum atomic E-state index is 0.140. The maximum atomic E-state index is 5.57. The molecule has 0 saturated carbocycles. The van der Waals surface area contributed by atoms with Crippen LogP contribution in [0, 0.1) is 0 Å². The van der Waals surface area contributed by atoms with Crippen LogP contribution in [0.4, 0.5) is 11.7 Å². The highest BCUT2D eigenvalue weighted by molar-refractivity contribution is 6.35. The molecule has 0 saturated heterocycles. The fourth-order valence-corrected chi connectivity index (χ4v) is 0.611.